The largest absolute Gasteiger partial charge is 0.383 e. The van der Waals surface area contributed by atoms with Gasteiger partial charge in [-0.05, 0) is 84.2 Å². The maximum atomic E-state index is 6.22. The molecule has 4 heterocycles. The van der Waals surface area contributed by atoms with Gasteiger partial charge in [-0.15, -0.1) is 0 Å². The van der Waals surface area contributed by atoms with Gasteiger partial charge in [0, 0.05) is 49.0 Å². The molecule has 3 aromatic rings. The molecule has 2 saturated heterocycles. The van der Waals surface area contributed by atoms with E-state index in [4.69, 9.17) is 10.5 Å². The Kier molecular flexibility index (Phi) is 5.70. The molecule has 31 heavy (non-hydrogen) atoms. The third kappa shape index (κ3) is 4.08. The summed E-state index contributed by atoms with van der Waals surface area (Å²) in [5.41, 5.74) is 13.4. The summed E-state index contributed by atoms with van der Waals surface area (Å²) in [6, 6.07) is 13.5. The summed E-state index contributed by atoms with van der Waals surface area (Å²) in [5, 5.41) is 3.75. The lowest BCUT2D eigenvalue weighted by Gasteiger charge is -2.28. The third-order valence-electron chi connectivity index (χ3n) is 6.86. The Bertz CT molecular complexity index is 1050. The van der Waals surface area contributed by atoms with Crippen molar-refractivity contribution in [2.24, 2.45) is 5.92 Å². The van der Waals surface area contributed by atoms with Crippen LogP contribution in [-0.4, -0.2) is 29.7 Å². The maximum Gasteiger partial charge on any atom is 0.131 e. The minimum absolute atomic E-state index is 0.402. The molecule has 2 aliphatic rings. The quantitative estimate of drug-likeness (QED) is 0.631. The van der Waals surface area contributed by atoms with Crippen molar-refractivity contribution in [1.29, 1.82) is 0 Å². The van der Waals surface area contributed by atoms with Gasteiger partial charge in [-0.2, -0.15) is 0 Å². The van der Waals surface area contributed by atoms with Crippen LogP contribution in [0, 0.1) is 5.92 Å². The number of benzene rings is 1. The van der Waals surface area contributed by atoms with Gasteiger partial charge in [0.15, 0.2) is 0 Å². The van der Waals surface area contributed by atoms with E-state index in [0.717, 1.165) is 49.3 Å². The number of rotatable bonds is 4. The number of pyridine rings is 2. The Hall–Kier alpha value is -2.76. The van der Waals surface area contributed by atoms with Crippen LogP contribution in [0.2, 0.25) is 0 Å². The van der Waals surface area contributed by atoms with Crippen LogP contribution in [0.5, 0.6) is 0 Å². The minimum Gasteiger partial charge on any atom is -0.383 e. The van der Waals surface area contributed by atoms with Gasteiger partial charge in [0.05, 0.1) is 0 Å². The predicted octanol–water partition coefficient (Wildman–Crippen LogP) is 4.96. The van der Waals surface area contributed by atoms with Crippen molar-refractivity contribution < 1.29 is 4.74 Å². The van der Waals surface area contributed by atoms with Gasteiger partial charge in [0.2, 0.25) is 0 Å². The maximum absolute atomic E-state index is 6.22. The Morgan fingerprint density at radius 1 is 0.935 bits per heavy atom. The Balaban J connectivity index is 1.57. The number of nitrogens with zero attached hydrogens (tertiary/aromatic N) is 2. The Morgan fingerprint density at radius 2 is 1.74 bits per heavy atom. The summed E-state index contributed by atoms with van der Waals surface area (Å²) in [6.45, 7) is 5.16. The van der Waals surface area contributed by atoms with E-state index in [1.54, 1.807) is 12.4 Å². The van der Waals surface area contributed by atoms with E-state index in [0.29, 0.717) is 23.7 Å². The highest BCUT2D eigenvalue weighted by Crippen LogP contribution is 2.40. The van der Waals surface area contributed by atoms with Gasteiger partial charge in [-0.25, -0.2) is 4.98 Å². The molecule has 0 unspecified atom stereocenters. The van der Waals surface area contributed by atoms with E-state index in [1.165, 1.54) is 23.1 Å². The zero-order valence-electron chi connectivity index (χ0n) is 18.1. The number of ether oxygens (including phenoxy) is 1. The highest BCUT2D eigenvalue weighted by Gasteiger charge is 2.29. The molecule has 0 saturated carbocycles. The molecule has 2 aliphatic heterocycles. The lowest BCUT2D eigenvalue weighted by atomic mass is 9.82. The second-order valence-corrected chi connectivity index (χ2v) is 8.82. The van der Waals surface area contributed by atoms with Crippen molar-refractivity contribution in [3.8, 4) is 22.3 Å². The molecular weight excluding hydrogens is 384 g/mol. The number of hydrogen-bond donors (Lipinski definition) is 2. The van der Waals surface area contributed by atoms with E-state index in [9.17, 15) is 0 Å². The van der Waals surface area contributed by atoms with Crippen molar-refractivity contribution in [2.75, 3.05) is 25.5 Å². The first-order chi connectivity index (χ1) is 15.2. The van der Waals surface area contributed by atoms with Crippen LogP contribution in [0.1, 0.15) is 49.3 Å². The van der Waals surface area contributed by atoms with Crippen LogP contribution in [0.15, 0.2) is 55.0 Å². The first-order valence-electron chi connectivity index (χ1n) is 11.3. The molecule has 0 radical (unpaired) electrons. The average Bonchev–Trinajstić information content (AvgIpc) is 3.26. The molecule has 2 atom stereocenters. The lowest BCUT2D eigenvalue weighted by Crippen LogP contribution is -2.21. The summed E-state index contributed by atoms with van der Waals surface area (Å²) in [5.74, 6) is 1.75. The molecule has 2 fully saturated rings. The van der Waals surface area contributed by atoms with Crippen LogP contribution >= 0.6 is 0 Å². The fraction of sp³-hybridized carbons (Fsp3) is 0.385. The molecule has 2 aromatic heterocycles. The number of anilines is 1. The van der Waals surface area contributed by atoms with Crippen LogP contribution in [0.4, 0.5) is 5.82 Å². The van der Waals surface area contributed by atoms with E-state index >= 15 is 0 Å². The summed E-state index contributed by atoms with van der Waals surface area (Å²) in [7, 11) is 0. The first-order valence-corrected chi connectivity index (χ1v) is 11.3. The third-order valence-corrected chi connectivity index (χ3v) is 6.86. The van der Waals surface area contributed by atoms with Crippen molar-refractivity contribution in [3.63, 3.8) is 0 Å². The number of hydrogen-bond acceptors (Lipinski definition) is 5. The Morgan fingerprint density at radius 3 is 2.48 bits per heavy atom. The molecule has 1 aromatic carbocycles. The molecule has 3 N–H and O–H groups in total. The van der Waals surface area contributed by atoms with E-state index in [1.807, 2.05) is 18.3 Å². The number of nitrogen functional groups attached to an aromatic ring is 1. The van der Waals surface area contributed by atoms with Crippen molar-refractivity contribution in [1.82, 2.24) is 15.3 Å². The molecule has 0 spiro atoms. The molecule has 160 valence electrons. The normalized spacial score (nSPS) is 22.0. The zero-order valence-corrected chi connectivity index (χ0v) is 18.1. The molecule has 0 bridgehead atoms. The average molecular weight is 415 g/mol. The molecular formula is C26H30N4O. The van der Waals surface area contributed by atoms with Crippen molar-refractivity contribution in [3.05, 3.63) is 66.1 Å². The van der Waals surface area contributed by atoms with Gasteiger partial charge < -0.3 is 15.8 Å². The van der Waals surface area contributed by atoms with Crippen molar-refractivity contribution >= 4 is 5.82 Å². The van der Waals surface area contributed by atoms with Gasteiger partial charge >= 0.3 is 0 Å². The summed E-state index contributed by atoms with van der Waals surface area (Å²) < 4.78 is 5.63. The zero-order chi connectivity index (χ0) is 21.2. The van der Waals surface area contributed by atoms with Gasteiger partial charge in [-0.1, -0.05) is 19.1 Å². The molecule has 5 rings (SSSR count). The monoisotopic (exact) mass is 414 g/mol. The smallest absolute Gasteiger partial charge is 0.131 e. The number of aromatic nitrogens is 2. The van der Waals surface area contributed by atoms with Crippen LogP contribution in [0.25, 0.3) is 22.3 Å². The lowest BCUT2D eigenvalue weighted by molar-refractivity contribution is 0.0850. The standard InChI is InChI=1S/C26H30N4O/c1-17-4-11-29-25(17)24-14-20(2-3-22(24)19-7-12-31-13-8-19)21-15-23(26(27)30-16-21)18-5-9-28-10-6-18/h2-3,5-6,9-10,14-17,19,25,29H,4,7-8,11-13H2,1H3,(H2,27,30)/t17-,25-/m0/s1. The minimum atomic E-state index is 0.402. The second kappa shape index (κ2) is 8.77. The fourth-order valence-corrected chi connectivity index (χ4v) is 5.05. The van der Waals surface area contributed by atoms with Crippen LogP contribution in [0.3, 0.4) is 0 Å². The van der Waals surface area contributed by atoms with Crippen LogP contribution < -0.4 is 11.1 Å². The molecule has 5 nitrogen and oxygen atoms in total. The Labute approximate surface area is 184 Å². The second-order valence-electron chi connectivity index (χ2n) is 8.82. The fourth-order valence-electron chi connectivity index (χ4n) is 5.05. The van der Waals surface area contributed by atoms with Gasteiger partial charge in [-0.3, -0.25) is 4.98 Å². The SMILES string of the molecule is C[C@H]1CCN[C@@H]1c1cc(-c2cnc(N)c(-c3ccncc3)c2)ccc1C1CCOCC1. The highest BCUT2D eigenvalue weighted by atomic mass is 16.5. The van der Waals surface area contributed by atoms with Crippen LogP contribution in [-0.2, 0) is 4.74 Å². The molecule has 5 heteroatoms. The summed E-state index contributed by atoms with van der Waals surface area (Å²) in [4.78, 5) is 8.63. The van der Waals surface area contributed by atoms with Gasteiger partial charge in [0.25, 0.3) is 0 Å². The highest BCUT2D eigenvalue weighted by molar-refractivity contribution is 5.79. The molecule has 0 amide bonds. The first kappa shape index (κ1) is 20.2. The van der Waals surface area contributed by atoms with E-state index < -0.39 is 0 Å². The topological polar surface area (TPSA) is 73.1 Å². The number of nitrogens with one attached hydrogen (secondary N) is 1. The van der Waals surface area contributed by atoms with Gasteiger partial charge in [0.1, 0.15) is 5.82 Å². The predicted molar refractivity (Wildman–Crippen MR) is 125 cm³/mol. The van der Waals surface area contributed by atoms with Crippen molar-refractivity contribution in [2.45, 2.75) is 38.1 Å². The number of nitrogens with two attached hydrogens (primary N) is 1. The van der Waals surface area contributed by atoms with E-state index in [-0.39, 0.29) is 0 Å². The van der Waals surface area contributed by atoms with E-state index in [2.05, 4.69) is 46.5 Å². The molecule has 0 aliphatic carbocycles. The summed E-state index contributed by atoms with van der Waals surface area (Å²) >= 11 is 0. The summed E-state index contributed by atoms with van der Waals surface area (Å²) in [6.07, 6.45) is 8.88.